The minimum atomic E-state index is 0.934. The predicted molar refractivity (Wildman–Crippen MR) is 141 cm³/mol. The number of hydrogen-bond acceptors (Lipinski definition) is 0. The van der Waals surface area contributed by atoms with E-state index in [2.05, 4.69) is 78.5 Å². The second-order valence-corrected chi connectivity index (χ2v) is 9.43. The van der Waals surface area contributed by atoms with Crippen molar-refractivity contribution in [3.8, 4) is 0 Å². The van der Waals surface area contributed by atoms with E-state index in [0.29, 0.717) is 0 Å². The number of nitrogens with zero attached hydrogens (tertiary/aromatic N) is 1. The van der Waals surface area contributed by atoms with Crippen molar-refractivity contribution < 1.29 is 4.57 Å². The molecule has 0 aliphatic rings. The van der Waals surface area contributed by atoms with Gasteiger partial charge in [0.1, 0.15) is 0 Å². The van der Waals surface area contributed by atoms with Gasteiger partial charge in [-0.15, -0.1) is 0 Å². The van der Waals surface area contributed by atoms with Crippen molar-refractivity contribution in [3.05, 3.63) is 72.1 Å². The van der Waals surface area contributed by atoms with Crippen molar-refractivity contribution in [3.63, 3.8) is 0 Å². The van der Waals surface area contributed by atoms with Crippen LogP contribution in [0.5, 0.6) is 0 Å². The van der Waals surface area contributed by atoms with E-state index < -0.39 is 0 Å². The van der Waals surface area contributed by atoms with Gasteiger partial charge in [-0.2, -0.15) is 0 Å². The van der Waals surface area contributed by atoms with Crippen LogP contribution in [0.2, 0.25) is 0 Å². The van der Waals surface area contributed by atoms with Gasteiger partial charge in [0.15, 0.2) is 18.9 Å². The second-order valence-electron chi connectivity index (χ2n) is 9.43. The minimum Gasteiger partial charge on any atom is -0.201 e. The van der Waals surface area contributed by atoms with Crippen LogP contribution in [0.1, 0.15) is 121 Å². The third kappa shape index (κ3) is 13.5. The van der Waals surface area contributed by atoms with Crippen molar-refractivity contribution in [2.24, 2.45) is 0 Å². The number of rotatable bonds is 19. The van der Waals surface area contributed by atoms with E-state index in [1.165, 1.54) is 114 Å². The molecule has 0 saturated carbocycles. The molecule has 0 atom stereocenters. The molecule has 176 valence electrons. The Hall–Kier alpha value is -1.89. The lowest BCUT2D eigenvalue weighted by Gasteiger charge is -2.03. The van der Waals surface area contributed by atoms with Crippen LogP contribution in [-0.4, -0.2) is 0 Å². The summed E-state index contributed by atoms with van der Waals surface area (Å²) in [5.41, 5.74) is 2.64. The fourth-order valence-electron chi connectivity index (χ4n) is 4.33. The number of aromatic nitrogens is 1. The average Bonchev–Trinajstić information content (AvgIpc) is 2.83. The zero-order valence-corrected chi connectivity index (χ0v) is 20.8. The Morgan fingerprint density at radius 3 is 1.62 bits per heavy atom. The Morgan fingerprint density at radius 1 is 0.594 bits per heavy atom. The summed E-state index contributed by atoms with van der Waals surface area (Å²) in [5.74, 6) is 0. The molecule has 32 heavy (non-hydrogen) atoms. The van der Waals surface area contributed by atoms with E-state index in [1.807, 2.05) is 0 Å². The third-order valence-corrected chi connectivity index (χ3v) is 6.41. The molecule has 0 radical (unpaired) electrons. The van der Waals surface area contributed by atoms with Gasteiger partial charge in [-0.1, -0.05) is 139 Å². The normalized spacial score (nSPS) is 11.4. The van der Waals surface area contributed by atoms with Gasteiger partial charge in [0, 0.05) is 17.7 Å². The summed E-state index contributed by atoms with van der Waals surface area (Å²) >= 11 is 0. The Morgan fingerprint density at radius 2 is 1.09 bits per heavy atom. The lowest BCUT2D eigenvalue weighted by Crippen LogP contribution is -2.32. The summed E-state index contributed by atoms with van der Waals surface area (Å²) in [6, 6.07) is 15.1. The molecule has 0 fully saturated rings. The fraction of sp³-hybridized carbons (Fsp3) is 0.581. The zero-order chi connectivity index (χ0) is 22.5. The zero-order valence-electron chi connectivity index (χ0n) is 20.8. The lowest BCUT2D eigenvalue weighted by molar-refractivity contribution is -0.688. The Labute approximate surface area is 199 Å². The molecule has 1 heterocycles. The first-order valence-corrected chi connectivity index (χ1v) is 13.6. The molecule has 0 spiro atoms. The highest BCUT2D eigenvalue weighted by atomic mass is 14.9. The van der Waals surface area contributed by atoms with Crippen LogP contribution in [0.25, 0.3) is 6.08 Å². The van der Waals surface area contributed by atoms with Gasteiger partial charge in [-0.05, 0) is 18.4 Å². The molecular formula is C31H48N+. The standard InChI is InChI=1S/C31H48N/c1-2-3-4-5-6-7-8-9-10-11-12-13-14-15-16-17-19-22-30-25-27-32(28-26-30)29-31-23-20-18-21-24-31/h18-28H,2-17,29H2,1H3/q+1/b22-19-. The summed E-state index contributed by atoms with van der Waals surface area (Å²) in [5, 5.41) is 0. The van der Waals surface area contributed by atoms with Crippen LogP contribution in [-0.2, 0) is 6.54 Å². The molecule has 0 amide bonds. The van der Waals surface area contributed by atoms with E-state index in [-0.39, 0.29) is 0 Å². The van der Waals surface area contributed by atoms with Crippen molar-refractivity contribution in [2.75, 3.05) is 0 Å². The van der Waals surface area contributed by atoms with E-state index in [4.69, 9.17) is 0 Å². The predicted octanol–water partition coefficient (Wildman–Crippen LogP) is 9.30. The van der Waals surface area contributed by atoms with Crippen LogP contribution in [0.15, 0.2) is 60.9 Å². The van der Waals surface area contributed by atoms with Crippen LogP contribution in [0.3, 0.4) is 0 Å². The summed E-state index contributed by atoms with van der Waals surface area (Å²) in [4.78, 5) is 0. The van der Waals surface area contributed by atoms with Gasteiger partial charge in [0.05, 0.1) is 0 Å². The van der Waals surface area contributed by atoms with Gasteiger partial charge in [0.2, 0.25) is 0 Å². The molecule has 1 aromatic heterocycles. The first kappa shape index (κ1) is 26.4. The van der Waals surface area contributed by atoms with Crippen LogP contribution in [0.4, 0.5) is 0 Å². The largest absolute Gasteiger partial charge is 0.201 e. The van der Waals surface area contributed by atoms with Gasteiger partial charge in [-0.3, -0.25) is 0 Å². The maximum Gasteiger partial charge on any atom is 0.173 e. The van der Waals surface area contributed by atoms with Crippen molar-refractivity contribution >= 4 is 6.08 Å². The van der Waals surface area contributed by atoms with E-state index in [0.717, 1.165) is 6.54 Å². The van der Waals surface area contributed by atoms with Gasteiger partial charge < -0.3 is 0 Å². The monoisotopic (exact) mass is 434 g/mol. The first-order chi connectivity index (χ1) is 15.9. The number of pyridine rings is 1. The highest BCUT2D eigenvalue weighted by molar-refractivity contribution is 5.47. The molecule has 0 unspecified atom stereocenters. The van der Waals surface area contributed by atoms with Gasteiger partial charge in [0.25, 0.3) is 0 Å². The topological polar surface area (TPSA) is 3.88 Å². The quantitative estimate of drug-likeness (QED) is 0.153. The average molecular weight is 435 g/mol. The number of hydrogen-bond donors (Lipinski definition) is 0. The maximum atomic E-state index is 2.35. The maximum absolute atomic E-state index is 2.35. The van der Waals surface area contributed by atoms with Crippen molar-refractivity contribution in [1.29, 1.82) is 0 Å². The van der Waals surface area contributed by atoms with Crippen LogP contribution < -0.4 is 4.57 Å². The molecule has 0 aliphatic heterocycles. The molecule has 0 aliphatic carbocycles. The summed E-state index contributed by atoms with van der Waals surface area (Å²) in [6.07, 6.45) is 31.7. The van der Waals surface area contributed by atoms with E-state index in [1.54, 1.807) is 0 Å². The lowest BCUT2D eigenvalue weighted by atomic mass is 10.0. The smallest absolute Gasteiger partial charge is 0.173 e. The molecule has 1 heteroatoms. The molecule has 0 N–H and O–H groups in total. The van der Waals surface area contributed by atoms with E-state index >= 15 is 0 Å². The third-order valence-electron chi connectivity index (χ3n) is 6.41. The highest BCUT2D eigenvalue weighted by Gasteiger charge is 2.01. The van der Waals surface area contributed by atoms with Crippen LogP contribution in [0, 0.1) is 0 Å². The Balaban J connectivity index is 1.39. The number of allylic oxidation sites excluding steroid dienone is 1. The molecule has 0 saturated heterocycles. The van der Waals surface area contributed by atoms with Crippen molar-refractivity contribution in [2.45, 2.75) is 116 Å². The SMILES string of the molecule is CCCCCCCCCCCCCCCCC/C=C\c1cc[n+](Cc2ccccc2)cc1. The van der Waals surface area contributed by atoms with Gasteiger partial charge >= 0.3 is 0 Å². The molecule has 1 aromatic carbocycles. The Bertz CT molecular complexity index is 686. The summed E-state index contributed by atoms with van der Waals surface area (Å²) in [7, 11) is 0. The van der Waals surface area contributed by atoms with Gasteiger partial charge in [-0.25, -0.2) is 4.57 Å². The highest BCUT2D eigenvalue weighted by Crippen LogP contribution is 2.14. The molecule has 0 bridgehead atoms. The Kier molecular flexibility index (Phi) is 15.4. The number of benzene rings is 1. The second kappa shape index (κ2) is 18.7. The molecule has 2 rings (SSSR count). The molecular weight excluding hydrogens is 386 g/mol. The number of unbranched alkanes of at least 4 members (excludes halogenated alkanes) is 15. The minimum absolute atomic E-state index is 0.934. The summed E-state index contributed by atoms with van der Waals surface area (Å²) in [6.45, 7) is 3.23. The first-order valence-electron chi connectivity index (χ1n) is 13.6. The van der Waals surface area contributed by atoms with Crippen molar-refractivity contribution in [1.82, 2.24) is 0 Å². The van der Waals surface area contributed by atoms with Crippen LogP contribution >= 0.6 is 0 Å². The van der Waals surface area contributed by atoms with E-state index in [9.17, 15) is 0 Å². The fourth-order valence-corrected chi connectivity index (χ4v) is 4.33. The molecule has 2 aromatic rings. The summed E-state index contributed by atoms with van der Waals surface area (Å²) < 4.78 is 2.24. The molecule has 1 nitrogen and oxygen atoms in total.